The van der Waals surface area contributed by atoms with Gasteiger partial charge in [-0.15, -0.1) is 13.2 Å². The van der Waals surface area contributed by atoms with Crippen LogP contribution >= 0.6 is 0 Å². The van der Waals surface area contributed by atoms with Gasteiger partial charge in [0.15, 0.2) is 0 Å². The van der Waals surface area contributed by atoms with Gasteiger partial charge in [0.2, 0.25) is 11.8 Å². The Morgan fingerprint density at radius 1 is 1.06 bits per heavy atom. The van der Waals surface area contributed by atoms with Crippen molar-refractivity contribution in [3.05, 3.63) is 65.4 Å². The number of hydrogen-bond acceptors (Lipinski definition) is 4. The molecule has 3 aromatic rings. The third kappa shape index (κ3) is 2.94. The van der Waals surface area contributed by atoms with Gasteiger partial charge >= 0.3 is 6.36 Å². The Hall–Kier alpha value is -3.82. The minimum Gasteiger partial charge on any atom is -0.406 e. The van der Waals surface area contributed by atoms with Crippen molar-refractivity contribution in [2.45, 2.75) is 25.1 Å². The van der Waals surface area contributed by atoms with Gasteiger partial charge in [-0.05, 0) is 42.8 Å². The van der Waals surface area contributed by atoms with E-state index in [4.69, 9.17) is 0 Å². The Labute approximate surface area is 173 Å². The number of ether oxygens (including phenoxy) is 1. The second-order valence-electron chi connectivity index (χ2n) is 7.49. The van der Waals surface area contributed by atoms with Crippen LogP contribution < -0.4 is 15.4 Å². The van der Waals surface area contributed by atoms with Gasteiger partial charge in [-0.2, -0.15) is 5.10 Å². The maximum absolute atomic E-state index is 13.1. The zero-order valence-corrected chi connectivity index (χ0v) is 16.1. The first kappa shape index (κ1) is 19.2. The van der Waals surface area contributed by atoms with Crippen LogP contribution in [0.15, 0.2) is 48.7 Å². The fraction of sp³-hybridized carbons (Fsp3) is 0.190. The number of alkyl halides is 3. The topological polar surface area (TPSA) is 85.2 Å². The molecule has 1 atom stereocenters. The highest BCUT2D eigenvalue weighted by atomic mass is 19.4. The molecule has 0 saturated carbocycles. The lowest BCUT2D eigenvalue weighted by Crippen LogP contribution is -2.43. The van der Waals surface area contributed by atoms with Crippen LogP contribution in [0.3, 0.4) is 0 Å². The van der Waals surface area contributed by atoms with Crippen molar-refractivity contribution >= 4 is 23.3 Å². The molecule has 0 fully saturated rings. The number of carbonyl (C=O) groups is 2. The Kier molecular flexibility index (Phi) is 3.92. The zero-order valence-electron chi connectivity index (χ0n) is 16.1. The van der Waals surface area contributed by atoms with Crippen LogP contribution in [0.4, 0.5) is 24.7 Å². The largest absolute Gasteiger partial charge is 0.573 e. The van der Waals surface area contributed by atoms with Crippen molar-refractivity contribution in [2.24, 2.45) is 0 Å². The summed E-state index contributed by atoms with van der Waals surface area (Å²) in [6, 6.07) is 10.6. The quantitative estimate of drug-likeness (QED) is 0.653. The van der Waals surface area contributed by atoms with Crippen LogP contribution in [0.2, 0.25) is 0 Å². The first-order valence-corrected chi connectivity index (χ1v) is 9.34. The summed E-state index contributed by atoms with van der Waals surface area (Å²) < 4.78 is 42.5. The number of aryl methyl sites for hydroxylation is 1. The molecule has 3 heterocycles. The monoisotopic (exact) mass is 428 g/mol. The molecule has 1 aromatic heterocycles. The van der Waals surface area contributed by atoms with Gasteiger partial charge in [-0.1, -0.05) is 17.7 Å². The molecule has 0 unspecified atom stereocenters. The fourth-order valence-electron chi connectivity index (χ4n) is 4.19. The smallest absolute Gasteiger partial charge is 0.406 e. The van der Waals surface area contributed by atoms with Crippen molar-refractivity contribution in [1.82, 2.24) is 9.78 Å². The van der Waals surface area contributed by atoms with Gasteiger partial charge in [0.1, 0.15) is 17.0 Å². The summed E-state index contributed by atoms with van der Waals surface area (Å²) in [6.07, 6.45) is -3.37. The molecule has 0 bridgehead atoms. The highest BCUT2D eigenvalue weighted by Crippen LogP contribution is 2.50. The lowest BCUT2D eigenvalue weighted by atomic mass is 9.71. The molecule has 158 valence electrons. The molecule has 5 rings (SSSR count). The van der Waals surface area contributed by atoms with E-state index in [0.717, 1.165) is 17.7 Å². The van der Waals surface area contributed by atoms with Gasteiger partial charge in [-0.25, -0.2) is 4.68 Å². The lowest BCUT2D eigenvalue weighted by molar-refractivity contribution is -0.274. The number of halogens is 3. The van der Waals surface area contributed by atoms with Gasteiger partial charge in [0.25, 0.3) is 0 Å². The predicted molar refractivity (Wildman–Crippen MR) is 104 cm³/mol. The SMILES string of the molecule is Cc1ccc2c(c1)[C@]1(CC(=O)Nc3c1cnn3-c1ccc(OC(F)(F)F)cc1)C(=O)N2. The minimum atomic E-state index is -4.80. The summed E-state index contributed by atoms with van der Waals surface area (Å²) in [6.45, 7) is 1.90. The third-order valence-electron chi connectivity index (χ3n) is 5.50. The first-order valence-electron chi connectivity index (χ1n) is 9.34. The maximum atomic E-state index is 13.1. The lowest BCUT2D eigenvalue weighted by Gasteiger charge is -2.31. The first-order chi connectivity index (χ1) is 14.7. The number of aromatic nitrogens is 2. The second-order valence-corrected chi connectivity index (χ2v) is 7.49. The van der Waals surface area contributed by atoms with Crippen molar-refractivity contribution in [3.8, 4) is 11.4 Å². The van der Waals surface area contributed by atoms with E-state index in [2.05, 4.69) is 20.5 Å². The molecule has 0 aliphatic carbocycles. The molecule has 2 aliphatic rings. The molecule has 1 spiro atoms. The molecule has 2 aliphatic heterocycles. The minimum absolute atomic E-state index is 0.0770. The number of rotatable bonds is 2. The van der Waals surface area contributed by atoms with E-state index in [1.54, 1.807) is 6.07 Å². The van der Waals surface area contributed by atoms with Gasteiger partial charge < -0.3 is 15.4 Å². The molecule has 31 heavy (non-hydrogen) atoms. The number of fused-ring (bicyclic) bond motifs is 4. The molecule has 2 N–H and O–H groups in total. The highest BCUT2D eigenvalue weighted by Gasteiger charge is 2.54. The number of nitrogens with zero attached hydrogens (tertiary/aromatic N) is 2. The summed E-state index contributed by atoms with van der Waals surface area (Å²) in [5.74, 6) is -0.768. The van der Waals surface area contributed by atoms with Gasteiger partial charge in [-0.3, -0.25) is 9.59 Å². The van der Waals surface area contributed by atoms with E-state index in [0.29, 0.717) is 28.3 Å². The Bertz CT molecular complexity index is 1230. The summed E-state index contributed by atoms with van der Waals surface area (Å²) in [7, 11) is 0. The molecular weight excluding hydrogens is 413 g/mol. The molecule has 0 saturated heterocycles. The molecule has 2 amide bonds. The van der Waals surface area contributed by atoms with E-state index >= 15 is 0 Å². The van der Waals surface area contributed by atoms with Crippen LogP contribution in [0.25, 0.3) is 5.69 Å². The number of benzene rings is 2. The number of anilines is 2. The third-order valence-corrected chi connectivity index (χ3v) is 5.50. The molecular formula is C21H15F3N4O3. The highest BCUT2D eigenvalue weighted by molar-refractivity contribution is 6.14. The number of carbonyl (C=O) groups excluding carboxylic acids is 2. The van der Waals surface area contributed by atoms with E-state index in [9.17, 15) is 22.8 Å². The molecule has 2 aromatic carbocycles. The average Bonchev–Trinajstić information content (AvgIpc) is 3.22. The summed E-state index contributed by atoms with van der Waals surface area (Å²) in [5, 5.41) is 9.91. The second kappa shape index (κ2) is 6.34. The maximum Gasteiger partial charge on any atom is 0.573 e. The van der Waals surface area contributed by atoms with Crippen LogP contribution in [-0.4, -0.2) is 28.0 Å². The van der Waals surface area contributed by atoms with Crippen molar-refractivity contribution in [3.63, 3.8) is 0 Å². The van der Waals surface area contributed by atoms with Crippen LogP contribution in [0.5, 0.6) is 5.75 Å². The van der Waals surface area contributed by atoms with E-state index in [1.165, 1.54) is 23.0 Å². The van der Waals surface area contributed by atoms with E-state index < -0.39 is 11.8 Å². The van der Waals surface area contributed by atoms with Crippen LogP contribution in [0, 0.1) is 6.92 Å². The molecule has 10 heteroatoms. The normalized spacial score (nSPS) is 19.6. The summed E-state index contributed by atoms with van der Waals surface area (Å²) in [4.78, 5) is 25.7. The van der Waals surface area contributed by atoms with Crippen molar-refractivity contribution in [1.29, 1.82) is 0 Å². The molecule has 7 nitrogen and oxygen atoms in total. The Morgan fingerprint density at radius 3 is 2.52 bits per heavy atom. The Morgan fingerprint density at radius 2 is 1.81 bits per heavy atom. The van der Waals surface area contributed by atoms with Crippen LogP contribution in [-0.2, 0) is 15.0 Å². The number of nitrogens with one attached hydrogen (secondary N) is 2. The summed E-state index contributed by atoms with van der Waals surface area (Å²) in [5.41, 5.74) is 1.96. The standard InChI is InChI=1S/C21H15F3N4O3/c1-11-2-7-16-14(8-11)20(19(30)26-16)9-17(29)27-18-15(20)10-25-28(18)12-3-5-13(6-4-12)31-21(22,23)24/h2-8,10H,9H2,1H3,(H,26,30)(H,27,29)/t20-/m0/s1. The van der Waals surface area contributed by atoms with Gasteiger partial charge in [0.05, 0.1) is 11.9 Å². The predicted octanol–water partition coefficient (Wildman–Crippen LogP) is 3.66. The Balaban J connectivity index is 1.62. The van der Waals surface area contributed by atoms with E-state index in [1.807, 2.05) is 19.1 Å². The zero-order chi connectivity index (χ0) is 22.0. The number of hydrogen-bond donors (Lipinski definition) is 2. The van der Waals surface area contributed by atoms with E-state index in [-0.39, 0.29) is 24.0 Å². The van der Waals surface area contributed by atoms with Crippen molar-refractivity contribution in [2.75, 3.05) is 10.6 Å². The number of amides is 2. The summed E-state index contributed by atoms with van der Waals surface area (Å²) >= 11 is 0. The van der Waals surface area contributed by atoms with Gasteiger partial charge in [0, 0.05) is 17.7 Å². The molecule has 0 radical (unpaired) electrons. The average molecular weight is 428 g/mol. The fourth-order valence-corrected chi connectivity index (χ4v) is 4.19. The van der Waals surface area contributed by atoms with Crippen LogP contribution in [0.1, 0.15) is 23.1 Å². The van der Waals surface area contributed by atoms with Crippen molar-refractivity contribution < 1.29 is 27.5 Å².